The Morgan fingerprint density at radius 2 is 1.86 bits per heavy atom. The number of hydrogen-bond donors (Lipinski definition) is 2. The minimum absolute atomic E-state index is 0.0239. The maximum absolute atomic E-state index is 12.8. The molecule has 1 unspecified atom stereocenters. The lowest BCUT2D eigenvalue weighted by molar-refractivity contribution is -0.122. The van der Waals surface area contributed by atoms with Gasteiger partial charge in [0.25, 0.3) is 5.91 Å². The lowest BCUT2D eigenvalue weighted by Gasteiger charge is -2.25. The van der Waals surface area contributed by atoms with Gasteiger partial charge in [-0.3, -0.25) is 14.5 Å². The van der Waals surface area contributed by atoms with Crippen LogP contribution in [0, 0.1) is 0 Å². The molecule has 0 fully saturated rings. The smallest absolute Gasteiger partial charge is 0.387 e. The Kier molecular flexibility index (Phi) is 5.87. The van der Waals surface area contributed by atoms with Gasteiger partial charge < -0.3 is 10.5 Å². The van der Waals surface area contributed by atoms with E-state index in [0.717, 1.165) is 5.56 Å². The van der Waals surface area contributed by atoms with E-state index in [4.69, 9.17) is 5.73 Å². The highest BCUT2D eigenvalue weighted by Crippen LogP contribution is 2.38. The van der Waals surface area contributed by atoms with Gasteiger partial charge in [-0.05, 0) is 48.1 Å². The first-order valence-electron chi connectivity index (χ1n) is 8.83. The van der Waals surface area contributed by atoms with E-state index in [1.54, 1.807) is 12.1 Å². The number of unbranched alkanes of at least 4 members (excludes halogenated alkanes) is 1. The van der Waals surface area contributed by atoms with Crippen molar-refractivity contribution in [2.24, 2.45) is 10.7 Å². The first kappa shape index (κ1) is 19.7. The lowest BCUT2D eigenvalue weighted by Crippen LogP contribution is -2.39. The van der Waals surface area contributed by atoms with E-state index in [1.807, 2.05) is 12.1 Å². The number of nitrogens with zero attached hydrogens (tertiary/aromatic N) is 1. The van der Waals surface area contributed by atoms with Crippen LogP contribution in [-0.2, 0) is 16.8 Å². The number of guanidine groups is 1. The summed E-state index contributed by atoms with van der Waals surface area (Å²) in [5, 5.41) is 2.51. The fourth-order valence-electron chi connectivity index (χ4n) is 3.28. The van der Waals surface area contributed by atoms with Gasteiger partial charge in [0.05, 0.1) is 6.67 Å². The highest BCUT2D eigenvalue weighted by Gasteiger charge is 2.46. The zero-order valence-corrected chi connectivity index (χ0v) is 15.0. The molecule has 3 N–H and O–H groups in total. The fourth-order valence-corrected chi connectivity index (χ4v) is 3.28. The van der Waals surface area contributed by atoms with Crippen molar-refractivity contribution in [3.05, 3.63) is 65.2 Å². The predicted molar refractivity (Wildman–Crippen MR) is 99.0 cm³/mol. The van der Waals surface area contributed by atoms with Crippen molar-refractivity contribution in [1.82, 2.24) is 5.32 Å². The number of nitrogens with two attached hydrogens (primary N) is 1. The van der Waals surface area contributed by atoms with Crippen molar-refractivity contribution < 1.29 is 22.7 Å². The summed E-state index contributed by atoms with van der Waals surface area (Å²) in [5.41, 5.74) is 6.33. The van der Waals surface area contributed by atoms with Crippen LogP contribution in [-0.4, -0.2) is 25.2 Å². The monoisotopic (exact) mass is 391 g/mol. The minimum atomic E-state index is -2.94. The maximum atomic E-state index is 12.8. The van der Waals surface area contributed by atoms with E-state index in [2.05, 4.69) is 15.0 Å². The molecule has 0 spiro atoms. The molecule has 0 saturated heterocycles. The number of ether oxygens (including phenoxy) is 1. The maximum Gasteiger partial charge on any atom is 0.387 e. The van der Waals surface area contributed by atoms with Crippen molar-refractivity contribution in [2.45, 2.75) is 31.4 Å². The van der Waals surface area contributed by atoms with Gasteiger partial charge in [0, 0.05) is 0 Å². The summed E-state index contributed by atoms with van der Waals surface area (Å²) in [6.45, 7) is -3.32. The minimum Gasteiger partial charge on any atom is -0.435 e. The van der Waals surface area contributed by atoms with Gasteiger partial charge in [-0.15, -0.1) is 0 Å². The molecule has 0 saturated carbocycles. The zero-order valence-electron chi connectivity index (χ0n) is 15.0. The summed E-state index contributed by atoms with van der Waals surface area (Å²) in [7, 11) is 0. The molecule has 0 bridgehead atoms. The van der Waals surface area contributed by atoms with E-state index in [9.17, 15) is 18.0 Å². The van der Waals surface area contributed by atoms with Gasteiger partial charge >= 0.3 is 6.61 Å². The van der Waals surface area contributed by atoms with Gasteiger partial charge in [-0.1, -0.05) is 36.4 Å². The normalized spacial score (nSPS) is 18.9. The van der Waals surface area contributed by atoms with E-state index < -0.39 is 18.1 Å². The molecule has 2 aromatic rings. The van der Waals surface area contributed by atoms with Crippen LogP contribution in [0.4, 0.5) is 13.2 Å². The molecule has 1 heterocycles. The first-order chi connectivity index (χ1) is 13.5. The average molecular weight is 391 g/mol. The molecule has 8 heteroatoms. The van der Waals surface area contributed by atoms with Crippen molar-refractivity contribution in [2.75, 3.05) is 6.67 Å². The predicted octanol–water partition coefficient (Wildman–Crippen LogP) is 3.27. The van der Waals surface area contributed by atoms with E-state index in [-0.39, 0.29) is 18.4 Å². The van der Waals surface area contributed by atoms with Crippen molar-refractivity contribution in [1.29, 1.82) is 0 Å². The van der Waals surface area contributed by atoms with E-state index in [0.29, 0.717) is 30.4 Å². The van der Waals surface area contributed by atoms with Gasteiger partial charge in [0.1, 0.15) is 5.75 Å². The second kappa shape index (κ2) is 8.33. The van der Waals surface area contributed by atoms with Crippen molar-refractivity contribution in [3.8, 4) is 5.75 Å². The Hall–Kier alpha value is -3.03. The largest absolute Gasteiger partial charge is 0.435 e. The molecule has 1 aliphatic rings. The number of aliphatic imine (C=N–C) groups is 1. The third-order valence-electron chi connectivity index (χ3n) is 4.55. The van der Waals surface area contributed by atoms with Crippen molar-refractivity contribution >= 4 is 11.9 Å². The second-order valence-corrected chi connectivity index (χ2v) is 6.41. The Morgan fingerprint density at radius 3 is 2.46 bits per heavy atom. The van der Waals surface area contributed by atoms with Gasteiger partial charge in [-0.25, -0.2) is 4.99 Å². The molecule has 1 amide bonds. The molecule has 0 aliphatic carbocycles. The standard InChI is InChI=1S/C20H20F3N3O2/c21-11-2-1-4-13-5-3-6-15(12-13)20(17(27)25-19(24)26-20)14-7-9-16(10-8-14)28-18(22)23/h3,5-10,12,18H,1-2,4,11H2,(H3,24,25,26,27). The topological polar surface area (TPSA) is 76.7 Å². The Morgan fingerprint density at radius 1 is 1.11 bits per heavy atom. The summed E-state index contributed by atoms with van der Waals surface area (Å²) in [4.78, 5) is 17.2. The van der Waals surface area contributed by atoms with E-state index in [1.165, 1.54) is 24.3 Å². The average Bonchev–Trinajstić information content (AvgIpc) is 2.97. The van der Waals surface area contributed by atoms with Crippen LogP contribution in [0.2, 0.25) is 0 Å². The molecule has 0 aromatic heterocycles. The molecule has 1 atom stereocenters. The molecule has 148 valence electrons. The molecule has 28 heavy (non-hydrogen) atoms. The Balaban J connectivity index is 2.01. The quantitative estimate of drug-likeness (QED) is 0.678. The highest BCUT2D eigenvalue weighted by atomic mass is 19.3. The van der Waals surface area contributed by atoms with Crippen LogP contribution >= 0.6 is 0 Å². The molecular formula is C20H20F3N3O2. The zero-order chi connectivity index (χ0) is 20.1. The number of alkyl halides is 3. The van der Waals surface area contributed by atoms with E-state index >= 15 is 0 Å². The molecule has 3 rings (SSSR count). The van der Waals surface area contributed by atoms with Gasteiger partial charge in [0.2, 0.25) is 0 Å². The Labute approximate surface area is 160 Å². The number of carbonyl (C=O) groups is 1. The fraction of sp³-hybridized carbons (Fsp3) is 0.300. The highest BCUT2D eigenvalue weighted by molar-refractivity contribution is 6.09. The second-order valence-electron chi connectivity index (χ2n) is 6.41. The number of amides is 1. The van der Waals surface area contributed by atoms with Crippen LogP contribution in [0.1, 0.15) is 29.5 Å². The number of halogens is 3. The van der Waals surface area contributed by atoms with Crippen LogP contribution < -0.4 is 15.8 Å². The third kappa shape index (κ3) is 3.95. The van der Waals surface area contributed by atoms with Crippen LogP contribution in [0.5, 0.6) is 5.75 Å². The van der Waals surface area contributed by atoms with Crippen LogP contribution in [0.3, 0.4) is 0 Å². The molecule has 1 aliphatic heterocycles. The van der Waals surface area contributed by atoms with Gasteiger partial charge in [-0.2, -0.15) is 8.78 Å². The summed E-state index contributed by atoms with van der Waals surface area (Å²) in [6, 6.07) is 13.0. The summed E-state index contributed by atoms with van der Waals surface area (Å²) in [6.07, 6.45) is 1.81. The number of hydrogen-bond acceptors (Lipinski definition) is 4. The third-order valence-corrected chi connectivity index (χ3v) is 4.55. The molecule has 2 aromatic carbocycles. The van der Waals surface area contributed by atoms with Crippen LogP contribution in [0.25, 0.3) is 0 Å². The summed E-state index contributed by atoms with van der Waals surface area (Å²) < 4.78 is 41.5. The summed E-state index contributed by atoms with van der Waals surface area (Å²) >= 11 is 0. The summed E-state index contributed by atoms with van der Waals surface area (Å²) in [5.74, 6) is -0.488. The molecular weight excluding hydrogens is 371 g/mol. The van der Waals surface area contributed by atoms with Crippen LogP contribution in [0.15, 0.2) is 53.5 Å². The number of nitrogens with one attached hydrogen (secondary N) is 1. The molecule has 0 radical (unpaired) electrons. The Bertz CT molecular complexity index is 871. The number of carbonyl (C=O) groups excluding carboxylic acids is 1. The number of rotatable bonds is 8. The van der Waals surface area contributed by atoms with Crippen molar-refractivity contribution in [3.63, 3.8) is 0 Å². The number of benzene rings is 2. The number of aryl methyl sites for hydroxylation is 1. The van der Waals surface area contributed by atoms with Gasteiger partial charge in [0.15, 0.2) is 11.5 Å². The lowest BCUT2D eigenvalue weighted by atomic mass is 9.82. The molecule has 5 nitrogen and oxygen atoms in total. The SMILES string of the molecule is NC1=NC(c2ccc(OC(F)F)cc2)(c2cccc(CCCCF)c2)C(=O)N1. The first-order valence-corrected chi connectivity index (χ1v) is 8.83.